The van der Waals surface area contributed by atoms with E-state index in [0.29, 0.717) is 0 Å². The number of carboxylic acid groups (broad SMARTS) is 2. The highest BCUT2D eigenvalue weighted by atomic mass is 32.1. The van der Waals surface area contributed by atoms with Crippen LogP contribution >= 0.6 is 12.6 Å². The Morgan fingerprint density at radius 1 is 0.893 bits per heavy atom. The van der Waals surface area contributed by atoms with Gasteiger partial charge in [0.1, 0.15) is 18.1 Å². The number of amides is 4. The molecule has 0 saturated carbocycles. The highest BCUT2D eigenvalue weighted by molar-refractivity contribution is 7.80. The Labute approximate surface area is 165 Å². The zero-order valence-corrected chi connectivity index (χ0v) is 15.8. The Morgan fingerprint density at radius 3 is 1.79 bits per heavy atom. The van der Waals surface area contributed by atoms with E-state index < -0.39 is 72.6 Å². The maximum atomic E-state index is 12.3. The van der Waals surface area contributed by atoms with Crippen molar-refractivity contribution in [2.45, 2.75) is 43.9 Å². The van der Waals surface area contributed by atoms with E-state index in [9.17, 15) is 28.8 Å². The smallest absolute Gasteiger partial charge is 0.325 e. The molecule has 0 aliphatic heterocycles. The molecule has 4 atom stereocenters. The average molecular weight is 421 g/mol. The Balaban J connectivity index is 5.35. The summed E-state index contributed by atoms with van der Waals surface area (Å²) in [5.41, 5.74) is 10.5. The lowest BCUT2D eigenvalue weighted by atomic mass is 10.1. The average Bonchev–Trinajstić information content (AvgIpc) is 2.58. The van der Waals surface area contributed by atoms with Crippen LogP contribution in [0.3, 0.4) is 0 Å². The fraction of sp³-hybridized carbons (Fsp3) is 0.571. The van der Waals surface area contributed by atoms with Gasteiger partial charge in [-0.05, 0) is 6.92 Å². The van der Waals surface area contributed by atoms with Crippen LogP contribution in [0.2, 0.25) is 0 Å². The molecule has 4 unspecified atom stereocenters. The molecule has 0 bridgehead atoms. The van der Waals surface area contributed by atoms with Crippen molar-refractivity contribution in [2.24, 2.45) is 11.5 Å². The minimum absolute atomic E-state index is 0.0764. The van der Waals surface area contributed by atoms with Crippen molar-refractivity contribution in [1.82, 2.24) is 16.0 Å². The van der Waals surface area contributed by atoms with Crippen LogP contribution in [0.4, 0.5) is 0 Å². The number of primary amides is 1. The molecule has 28 heavy (non-hydrogen) atoms. The molecule has 0 rings (SSSR count). The molecule has 0 spiro atoms. The lowest BCUT2D eigenvalue weighted by molar-refractivity contribution is -0.143. The highest BCUT2D eigenvalue weighted by Crippen LogP contribution is 2.00. The number of nitrogens with one attached hydrogen (secondary N) is 3. The van der Waals surface area contributed by atoms with Gasteiger partial charge in [-0.15, -0.1) is 0 Å². The van der Waals surface area contributed by atoms with Crippen LogP contribution in [0, 0.1) is 0 Å². The predicted molar refractivity (Wildman–Crippen MR) is 97.0 cm³/mol. The molecule has 0 aromatic heterocycles. The fourth-order valence-corrected chi connectivity index (χ4v) is 1.97. The summed E-state index contributed by atoms with van der Waals surface area (Å²) < 4.78 is 0. The molecular formula is C14H23N5O8S. The molecule has 0 aromatic carbocycles. The van der Waals surface area contributed by atoms with Crippen LogP contribution in [0.1, 0.15) is 19.8 Å². The van der Waals surface area contributed by atoms with E-state index >= 15 is 0 Å². The van der Waals surface area contributed by atoms with Crippen LogP contribution in [0.15, 0.2) is 0 Å². The number of rotatable bonds is 12. The number of hydrogen-bond donors (Lipinski definition) is 8. The molecule has 0 aromatic rings. The Morgan fingerprint density at radius 2 is 1.36 bits per heavy atom. The maximum absolute atomic E-state index is 12.3. The number of carbonyl (C=O) groups excluding carboxylic acids is 4. The molecule has 0 heterocycles. The van der Waals surface area contributed by atoms with E-state index in [0.717, 1.165) is 6.92 Å². The molecule has 9 N–H and O–H groups in total. The zero-order valence-electron chi connectivity index (χ0n) is 14.9. The molecule has 13 nitrogen and oxygen atoms in total. The summed E-state index contributed by atoms with van der Waals surface area (Å²) in [4.78, 5) is 69.2. The number of carbonyl (C=O) groups is 6. The topological polar surface area (TPSA) is 231 Å². The van der Waals surface area contributed by atoms with Gasteiger partial charge in [-0.2, -0.15) is 12.6 Å². The monoisotopic (exact) mass is 421 g/mol. The maximum Gasteiger partial charge on any atom is 0.325 e. The molecule has 158 valence electrons. The van der Waals surface area contributed by atoms with E-state index in [1.165, 1.54) is 0 Å². The molecule has 0 fully saturated rings. The third-order valence-electron chi connectivity index (χ3n) is 3.31. The van der Waals surface area contributed by atoms with Gasteiger partial charge in [0.15, 0.2) is 0 Å². The number of carboxylic acids is 2. The van der Waals surface area contributed by atoms with Gasteiger partial charge in [-0.1, -0.05) is 0 Å². The van der Waals surface area contributed by atoms with Crippen molar-refractivity contribution >= 4 is 48.2 Å². The van der Waals surface area contributed by atoms with E-state index in [1.807, 2.05) is 5.32 Å². The van der Waals surface area contributed by atoms with E-state index in [2.05, 4.69) is 23.3 Å². The zero-order chi connectivity index (χ0) is 22.0. The Hall–Kier alpha value is -2.87. The lowest BCUT2D eigenvalue weighted by Gasteiger charge is -2.23. The van der Waals surface area contributed by atoms with Crippen molar-refractivity contribution < 1.29 is 39.0 Å². The van der Waals surface area contributed by atoms with Crippen molar-refractivity contribution in [3.8, 4) is 0 Å². The summed E-state index contributed by atoms with van der Waals surface area (Å²) in [7, 11) is 0. The van der Waals surface area contributed by atoms with Crippen LogP contribution in [0.25, 0.3) is 0 Å². The molecular weight excluding hydrogens is 398 g/mol. The van der Waals surface area contributed by atoms with E-state index in [4.69, 9.17) is 21.7 Å². The van der Waals surface area contributed by atoms with Gasteiger partial charge in [-0.3, -0.25) is 28.8 Å². The van der Waals surface area contributed by atoms with Crippen LogP contribution in [-0.4, -0.2) is 75.7 Å². The summed E-state index contributed by atoms with van der Waals surface area (Å²) in [6.45, 7) is 1.15. The second kappa shape index (κ2) is 11.8. The standard InChI is InChI=1S/C14H23N5O8S/c1-5(14(26)27)17-12(24)7(2-9(16)20)19-13(25)8(3-10(21)22)18-11(23)6(15)4-28/h5-8,28H,2-4,15H2,1H3,(H2,16,20)(H,17,24)(H,18,23)(H,19,25)(H,21,22)(H,26,27). The highest BCUT2D eigenvalue weighted by Gasteiger charge is 2.31. The largest absolute Gasteiger partial charge is 0.481 e. The minimum atomic E-state index is -1.61. The summed E-state index contributed by atoms with van der Waals surface area (Å²) in [6, 6.07) is -5.65. The number of aliphatic carboxylic acids is 2. The Kier molecular flexibility index (Phi) is 10.6. The second-order valence-electron chi connectivity index (χ2n) is 5.75. The first-order valence-corrected chi connectivity index (χ1v) is 8.52. The van der Waals surface area contributed by atoms with Crippen molar-refractivity contribution in [3.05, 3.63) is 0 Å². The van der Waals surface area contributed by atoms with Gasteiger partial charge in [0, 0.05) is 5.75 Å². The van der Waals surface area contributed by atoms with Gasteiger partial charge in [-0.25, -0.2) is 0 Å². The van der Waals surface area contributed by atoms with Crippen molar-refractivity contribution in [3.63, 3.8) is 0 Å². The van der Waals surface area contributed by atoms with Crippen molar-refractivity contribution in [2.75, 3.05) is 5.75 Å². The van der Waals surface area contributed by atoms with Crippen LogP contribution in [-0.2, 0) is 28.8 Å². The third kappa shape index (κ3) is 9.18. The normalized spacial score (nSPS) is 14.7. The fourth-order valence-electron chi connectivity index (χ4n) is 1.80. The van der Waals surface area contributed by atoms with Gasteiger partial charge in [0.05, 0.1) is 18.9 Å². The quantitative estimate of drug-likeness (QED) is 0.144. The van der Waals surface area contributed by atoms with Gasteiger partial charge in [0.25, 0.3) is 0 Å². The van der Waals surface area contributed by atoms with Gasteiger partial charge >= 0.3 is 11.9 Å². The molecule has 0 saturated heterocycles. The first-order valence-electron chi connectivity index (χ1n) is 7.89. The summed E-state index contributed by atoms with van der Waals surface area (Å²) in [5.74, 6) is -6.86. The van der Waals surface area contributed by atoms with E-state index in [1.54, 1.807) is 0 Å². The van der Waals surface area contributed by atoms with Crippen LogP contribution in [0.5, 0.6) is 0 Å². The molecule has 0 aliphatic carbocycles. The number of hydrogen-bond acceptors (Lipinski definition) is 8. The first-order chi connectivity index (χ1) is 12.9. The SMILES string of the molecule is CC(NC(=O)C(CC(N)=O)NC(=O)C(CC(=O)O)NC(=O)C(N)CS)C(=O)O. The Bertz CT molecular complexity index is 643. The summed E-state index contributed by atoms with van der Waals surface area (Å²) in [5, 5.41) is 24.0. The minimum Gasteiger partial charge on any atom is -0.481 e. The molecule has 4 amide bonds. The molecule has 0 aliphatic rings. The number of nitrogens with two attached hydrogens (primary N) is 2. The molecule has 0 radical (unpaired) electrons. The molecule has 14 heteroatoms. The predicted octanol–water partition coefficient (Wildman–Crippen LogP) is -3.85. The first kappa shape index (κ1) is 25.1. The van der Waals surface area contributed by atoms with Crippen LogP contribution < -0.4 is 27.4 Å². The summed E-state index contributed by atoms with van der Waals surface area (Å²) >= 11 is 3.81. The third-order valence-corrected chi connectivity index (χ3v) is 3.71. The summed E-state index contributed by atoms with van der Waals surface area (Å²) in [6.07, 6.45) is -1.53. The second-order valence-corrected chi connectivity index (χ2v) is 6.11. The van der Waals surface area contributed by atoms with E-state index in [-0.39, 0.29) is 5.75 Å². The van der Waals surface area contributed by atoms with Gasteiger partial charge in [0.2, 0.25) is 23.6 Å². The lowest BCUT2D eigenvalue weighted by Crippen LogP contribution is -2.58. The van der Waals surface area contributed by atoms with Crippen molar-refractivity contribution in [1.29, 1.82) is 0 Å². The number of thiol groups is 1. The van der Waals surface area contributed by atoms with Gasteiger partial charge < -0.3 is 37.6 Å².